The molecule has 4 nitrogen and oxygen atoms in total. The maximum atomic E-state index is 12.0. The Morgan fingerprint density at radius 2 is 2.27 bits per heavy atom. The van der Waals surface area contributed by atoms with E-state index in [0.717, 1.165) is 6.42 Å². The third-order valence-electron chi connectivity index (χ3n) is 2.86. The summed E-state index contributed by atoms with van der Waals surface area (Å²) in [6.45, 7) is 8.45. The van der Waals surface area contributed by atoms with Crippen LogP contribution in [0.5, 0.6) is 0 Å². The van der Waals surface area contributed by atoms with E-state index >= 15 is 0 Å². The Labute approximate surface area is 91.8 Å². The van der Waals surface area contributed by atoms with Crippen LogP contribution in [-0.4, -0.2) is 42.6 Å². The molecule has 1 saturated heterocycles. The summed E-state index contributed by atoms with van der Waals surface area (Å²) in [6, 6.07) is 0. The van der Waals surface area contributed by atoms with Gasteiger partial charge >= 0.3 is 0 Å². The number of amides is 1. The van der Waals surface area contributed by atoms with Gasteiger partial charge in [-0.1, -0.05) is 6.92 Å². The molecule has 1 rings (SSSR count). The Balaban J connectivity index is 2.59. The average molecular weight is 214 g/mol. The van der Waals surface area contributed by atoms with Crippen LogP contribution in [0.15, 0.2) is 0 Å². The van der Waals surface area contributed by atoms with Gasteiger partial charge in [-0.3, -0.25) is 4.79 Å². The number of carbonyl (C=O) groups is 1. The smallest absolute Gasteiger partial charge is 0.227 e. The first-order valence-electron chi connectivity index (χ1n) is 5.63. The van der Waals surface area contributed by atoms with Gasteiger partial charge in [-0.15, -0.1) is 0 Å². The van der Waals surface area contributed by atoms with E-state index in [1.54, 1.807) is 0 Å². The third-order valence-corrected chi connectivity index (χ3v) is 2.86. The summed E-state index contributed by atoms with van der Waals surface area (Å²) >= 11 is 0. The van der Waals surface area contributed by atoms with Crippen molar-refractivity contribution in [2.45, 2.75) is 32.8 Å². The number of morpholine rings is 1. The molecule has 1 fully saturated rings. The molecule has 0 aromatic heterocycles. The summed E-state index contributed by atoms with van der Waals surface area (Å²) in [5, 5.41) is 0. The number of ether oxygens (including phenoxy) is 1. The summed E-state index contributed by atoms with van der Waals surface area (Å²) in [7, 11) is 0. The number of nitrogens with two attached hydrogens (primary N) is 1. The van der Waals surface area contributed by atoms with E-state index in [1.165, 1.54) is 0 Å². The molecule has 0 radical (unpaired) electrons. The standard InChI is InChI=1S/C11H22N2O2/c1-4-9(7-12)10(14)13-5-6-15-11(2,3)8-13/h9H,4-8,12H2,1-3H3. The molecule has 4 heteroatoms. The fourth-order valence-corrected chi connectivity index (χ4v) is 1.90. The molecule has 0 aromatic carbocycles. The predicted molar refractivity (Wildman–Crippen MR) is 59.4 cm³/mol. The van der Waals surface area contributed by atoms with Gasteiger partial charge in [-0.05, 0) is 20.3 Å². The topological polar surface area (TPSA) is 55.6 Å². The molecule has 15 heavy (non-hydrogen) atoms. The Morgan fingerprint density at radius 3 is 2.73 bits per heavy atom. The van der Waals surface area contributed by atoms with E-state index in [2.05, 4.69) is 0 Å². The minimum Gasteiger partial charge on any atom is -0.372 e. The van der Waals surface area contributed by atoms with Crippen molar-refractivity contribution < 1.29 is 9.53 Å². The van der Waals surface area contributed by atoms with Gasteiger partial charge in [0, 0.05) is 19.6 Å². The number of rotatable bonds is 3. The highest BCUT2D eigenvalue weighted by molar-refractivity contribution is 5.79. The number of hydrogen-bond acceptors (Lipinski definition) is 3. The van der Waals surface area contributed by atoms with Gasteiger partial charge in [0.15, 0.2) is 0 Å². The van der Waals surface area contributed by atoms with Gasteiger partial charge in [-0.2, -0.15) is 0 Å². The van der Waals surface area contributed by atoms with E-state index in [0.29, 0.717) is 26.2 Å². The molecule has 0 aliphatic carbocycles. The molecule has 1 aliphatic rings. The van der Waals surface area contributed by atoms with Crippen molar-refractivity contribution in [2.24, 2.45) is 11.7 Å². The van der Waals surface area contributed by atoms with Crippen LogP contribution in [0.25, 0.3) is 0 Å². The van der Waals surface area contributed by atoms with Crippen molar-refractivity contribution >= 4 is 5.91 Å². The van der Waals surface area contributed by atoms with Crippen LogP contribution in [0, 0.1) is 5.92 Å². The highest BCUT2D eigenvalue weighted by Gasteiger charge is 2.32. The van der Waals surface area contributed by atoms with Crippen molar-refractivity contribution in [2.75, 3.05) is 26.2 Å². The van der Waals surface area contributed by atoms with E-state index in [9.17, 15) is 4.79 Å². The highest BCUT2D eigenvalue weighted by atomic mass is 16.5. The van der Waals surface area contributed by atoms with Gasteiger partial charge in [0.05, 0.1) is 18.1 Å². The molecule has 1 atom stereocenters. The van der Waals surface area contributed by atoms with Crippen LogP contribution in [0.4, 0.5) is 0 Å². The zero-order valence-electron chi connectivity index (χ0n) is 9.95. The zero-order valence-corrected chi connectivity index (χ0v) is 9.95. The molecule has 0 aromatic rings. The van der Waals surface area contributed by atoms with Gasteiger partial charge in [0.2, 0.25) is 5.91 Å². The lowest BCUT2D eigenvalue weighted by Crippen LogP contribution is -2.52. The Kier molecular flexibility index (Phi) is 4.11. The van der Waals surface area contributed by atoms with Crippen LogP contribution in [0.3, 0.4) is 0 Å². The van der Waals surface area contributed by atoms with Crippen molar-refractivity contribution in [1.29, 1.82) is 0 Å². The van der Waals surface area contributed by atoms with Gasteiger partial charge in [0.25, 0.3) is 0 Å². The minimum absolute atomic E-state index is 0.0288. The third kappa shape index (κ3) is 3.18. The lowest BCUT2D eigenvalue weighted by atomic mass is 10.0. The summed E-state index contributed by atoms with van der Waals surface area (Å²) in [5.74, 6) is 0.148. The van der Waals surface area contributed by atoms with Gasteiger partial charge in [0.1, 0.15) is 0 Å². The monoisotopic (exact) mass is 214 g/mol. The van der Waals surface area contributed by atoms with Crippen LogP contribution >= 0.6 is 0 Å². The molecule has 1 amide bonds. The summed E-state index contributed by atoms with van der Waals surface area (Å²) in [4.78, 5) is 13.9. The number of hydrogen-bond donors (Lipinski definition) is 1. The molecule has 1 heterocycles. The van der Waals surface area contributed by atoms with E-state index in [4.69, 9.17) is 10.5 Å². The highest BCUT2D eigenvalue weighted by Crippen LogP contribution is 2.18. The molecular formula is C11H22N2O2. The lowest BCUT2D eigenvalue weighted by molar-refractivity contribution is -0.149. The second-order valence-corrected chi connectivity index (χ2v) is 4.71. The largest absolute Gasteiger partial charge is 0.372 e. The van der Waals surface area contributed by atoms with Crippen LogP contribution in [-0.2, 0) is 9.53 Å². The Bertz CT molecular complexity index is 225. The predicted octanol–water partition coefficient (Wildman–Crippen LogP) is 0.609. The fourth-order valence-electron chi connectivity index (χ4n) is 1.90. The fraction of sp³-hybridized carbons (Fsp3) is 0.909. The Morgan fingerprint density at radius 1 is 1.60 bits per heavy atom. The first-order chi connectivity index (χ1) is 7.00. The summed E-state index contributed by atoms with van der Waals surface area (Å²) in [6.07, 6.45) is 0.813. The quantitative estimate of drug-likeness (QED) is 0.749. The molecule has 1 unspecified atom stereocenters. The first-order valence-corrected chi connectivity index (χ1v) is 5.63. The van der Waals surface area contributed by atoms with Crippen molar-refractivity contribution in [1.82, 2.24) is 4.90 Å². The van der Waals surface area contributed by atoms with Crippen molar-refractivity contribution in [3.05, 3.63) is 0 Å². The van der Waals surface area contributed by atoms with Crippen molar-refractivity contribution in [3.8, 4) is 0 Å². The van der Waals surface area contributed by atoms with Crippen LogP contribution < -0.4 is 5.73 Å². The number of carbonyl (C=O) groups excluding carboxylic acids is 1. The van der Waals surface area contributed by atoms with Gasteiger partial charge < -0.3 is 15.4 Å². The normalized spacial score (nSPS) is 22.5. The van der Waals surface area contributed by atoms with Gasteiger partial charge in [-0.25, -0.2) is 0 Å². The molecule has 1 aliphatic heterocycles. The van der Waals surface area contributed by atoms with Crippen LogP contribution in [0.1, 0.15) is 27.2 Å². The van der Waals surface area contributed by atoms with E-state index < -0.39 is 0 Å². The minimum atomic E-state index is -0.221. The summed E-state index contributed by atoms with van der Waals surface area (Å²) < 4.78 is 5.57. The second-order valence-electron chi connectivity index (χ2n) is 4.71. The number of nitrogens with zero attached hydrogens (tertiary/aromatic N) is 1. The summed E-state index contributed by atoms with van der Waals surface area (Å²) in [5.41, 5.74) is 5.36. The maximum absolute atomic E-state index is 12.0. The lowest BCUT2D eigenvalue weighted by Gasteiger charge is -2.39. The zero-order chi connectivity index (χ0) is 11.5. The van der Waals surface area contributed by atoms with E-state index in [1.807, 2.05) is 25.7 Å². The van der Waals surface area contributed by atoms with Crippen molar-refractivity contribution in [3.63, 3.8) is 0 Å². The van der Waals surface area contributed by atoms with E-state index in [-0.39, 0.29) is 17.4 Å². The Hall–Kier alpha value is -0.610. The SMILES string of the molecule is CCC(CN)C(=O)N1CCOC(C)(C)C1. The molecule has 2 N–H and O–H groups in total. The molecule has 0 bridgehead atoms. The van der Waals surface area contributed by atoms with Crippen LogP contribution in [0.2, 0.25) is 0 Å². The molecule has 88 valence electrons. The molecule has 0 saturated carbocycles. The first kappa shape index (κ1) is 12.5. The second kappa shape index (κ2) is 4.94. The maximum Gasteiger partial charge on any atom is 0.227 e. The molecular weight excluding hydrogens is 192 g/mol. The molecule has 0 spiro atoms. The average Bonchev–Trinajstić information content (AvgIpc) is 2.18.